The highest BCUT2D eigenvalue weighted by atomic mass is 19.1. The highest BCUT2D eigenvalue weighted by Crippen LogP contribution is 2.10. The SMILES string of the molecule is Cc1ccc(C(=O)NC(CCO)C(=O)O)c(F)c1. The molecule has 98 valence electrons. The number of amides is 1. The fourth-order valence-corrected chi connectivity index (χ4v) is 1.43. The molecule has 0 fully saturated rings. The Morgan fingerprint density at radius 2 is 2.11 bits per heavy atom. The van der Waals surface area contributed by atoms with Crippen molar-refractivity contribution in [2.45, 2.75) is 19.4 Å². The van der Waals surface area contributed by atoms with Crippen LogP contribution in [-0.4, -0.2) is 34.7 Å². The zero-order valence-corrected chi connectivity index (χ0v) is 9.81. The van der Waals surface area contributed by atoms with Crippen LogP contribution in [0, 0.1) is 12.7 Å². The zero-order chi connectivity index (χ0) is 13.7. The number of aliphatic hydroxyl groups excluding tert-OH is 1. The molecule has 0 aliphatic rings. The molecule has 1 atom stereocenters. The monoisotopic (exact) mass is 255 g/mol. The van der Waals surface area contributed by atoms with Crippen LogP contribution in [0.15, 0.2) is 18.2 Å². The maximum Gasteiger partial charge on any atom is 0.326 e. The molecule has 3 N–H and O–H groups in total. The smallest absolute Gasteiger partial charge is 0.326 e. The largest absolute Gasteiger partial charge is 0.480 e. The molecule has 18 heavy (non-hydrogen) atoms. The van der Waals surface area contributed by atoms with Crippen LogP contribution in [0.25, 0.3) is 0 Å². The Bertz CT molecular complexity index is 461. The van der Waals surface area contributed by atoms with Crippen LogP contribution in [0.5, 0.6) is 0 Å². The lowest BCUT2D eigenvalue weighted by Gasteiger charge is -2.13. The summed E-state index contributed by atoms with van der Waals surface area (Å²) in [7, 11) is 0. The molecule has 5 nitrogen and oxygen atoms in total. The first-order chi connectivity index (χ1) is 8.45. The maximum absolute atomic E-state index is 13.5. The number of nitrogens with one attached hydrogen (secondary N) is 1. The molecule has 0 heterocycles. The number of benzene rings is 1. The second-order valence-electron chi connectivity index (χ2n) is 3.86. The van der Waals surface area contributed by atoms with Gasteiger partial charge in [-0.2, -0.15) is 0 Å². The second-order valence-corrected chi connectivity index (χ2v) is 3.86. The molecular weight excluding hydrogens is 241 g/mol. The molecule has 0 saturated heterocycles. The van der Waals surface area contributed by atoms with Gasteiger partial charge in [0.15, 0.2) is 0 Å². The summed E-state index contributed by atoms with van der Waals surface area (Å²) >= 11 is 0. The molecule has 6 heteroatoms. The van der Waals surface area contributed by atoms with Crippen molar-refractivity contribution in [2.75, 3.05) is 6.61 Å². The number of carboxylic acids is 1. The summed E-state index contributed by atoms with van der Waals surface area (Å²) in [6, 6.07) is 2.80. The number of rotatable bonds is 5. The normalized spacial score (nSPS) is 11.9. The molecule has 1 unspecified atom stereocenters. The van der Waals surface area contributed by atoms with Crippen molar-refractivity contribution in [3.05, 3.63) is 35.1 Å². The molecule has 1 aromatic carbocycles. The van der Waals surface area contributed by atoms with E-state index in [4.69, 9.17) is 10.2 Å². The van der Waals surface area contributed by atoms with Crippen molar-refractivity contribution >= 4 is 11.9 Å². The molecule has 0 bridgehead atoms. The lowest BCUT2D eigenvalue weighted by atomic mass is 10.1. The molecule has 1 amide bonds. The average Bonchev–Trinajstić information content (AvgIpc) is 2.27. The summed E-state index contributed by atoms with van der Waals surface area (Å²) in [5.74, 6) is -2.79. The molecule has 0 aromatic heterocycles. The lowest BCUT2D eigenvalue weighted by molar-refractivity contribution is -0.139. The number of hydrogen-bond donors (Lipinski definition) is 3. The number of aryl methyl sites for hydroxylation is 1. The Balaban J connectivity index is 2.83. The van der Waals surface area contributed by atoms with Gasteiger partial charge < -0.3 is 15.5 Å². The Labute approximate surface area is 103 Å². The van der Waals surface area contributed by atoms with Crippen molar-refractivity contribution in [3.8, 4) is 0 Å². The summed E-state index contributed by atoms with van der Waals surface area (Å²) in [5, 5.41) is 19.6. The number of carbonyl (C=O) groups excluding carboxylic acids is 1. The van der Waals surface area contributed by atoms with Crippen LogP contribution < -0.4 is 5.32 Å². The van der Waals surface area contributed by atoms with Gasteiger partial charge in [-0.25, -0.2) is 9.18 Å². The van der Waals surface area contributed by atoms with Gasteiger partial charge in [0.1, 0.15) is 11.9 Å². The van der Waals surface area contributed by atoms with E-state index in [-0.39, 0.29) is 18.6 Å². The van der Waals surface area contributed by atoms with E-state index in [0.717, 1.165) is 0 Å². The van der Waals surface area contributed by atoms with Crippen LogP contribution in [0.1, 0.15) is 22.3 Å². The zero-order valence-electron chi connectivity index (χ0n) is 9.81. The second kappa shape index (κ2) is 6.11. The van der Waals surface area contributed by atoms with Gasteiger partial charge in [0, 0.05) is 13.0 Å². The minimum absolute atomic E-state index is 0.130. The standard InChI is InChI=1S/C12H14FNO4/c1-7-2-3-8(9(13)6-7)11(16)14-10(4-5-15)12(17)18/h2-3,6,10,15H,4-5H2,1H3,(H,14,16)(H,17,18). The van der Waals surface area contributed by atoms with E-state index in [9.17, 15) is 14.0 Å². The number of halogens is 1. The molecular formula is C12H14FNO4. The number of aliphatic carboxylic acids is 1. The predicted molar refractivity (Wildman–Crippen MR) is 61.7 cm³/mol. The van der Waals surface area contributed by atoms with Crippen molar-refractivity contribution in [1.82, 2.24) is 5.32 Å². The molecule has 0 aliphatic heterocycles. The molecule has 0 radical (unpaired) electrons. The first-order valence-corrected chi connectivity index (χ1v) is 5.36. The Morgan fingerprint density at radius 1 is 1.44 bits per heavy atom. The van der Waals surface area contributed by atoms with E-state index in [1.807, 2.05) is 0 Å². The number of carboxylic acid groups (broad SMARTS) is 1. The molecule has 1 aromatic rings. The summed E-state index contributed by atoms with van der Waals surface area (Å²) < 4.78 is 13.5. The first kappa shape index (κ1) is 14.1. The minimum Gasteiger partial charge on any atom is -0.480 e. The molecule has 1 rings (SSSR count). The van der Waals surface area contributed by atoms with Crippen molar-refractivity contribution < 1.29 is 24.2 Å². The molecule has 0 saturated carbocycles. The van der Waals surface area contributed by atoms with E-state index in [0.29, 0.717) is 5.56 Å². The van der Waals surface area contributed by atoms with Crippen molar-refractivity contribution in [3.63, 3.8) is 0 Å². The van der Waals surface area contributed by atoms with E-state index in [1.165, 1.54) is 12.1 Å². The van der Waals surface area contributed by atoms with E-state index < -0.39 is 23.7 Å². The van der Waals surface area contributed by atoms with E-state index in [1.54, 1.807) is 13.0 Å². The average molecular weight is 255 g/mol. The fraction of sp³-hybridized carbons (Fsp3) is 0.333. The van der Waals surface area contributed by atoms with Gasteiger partial charge >= 0.3 is 5.97 Å². The Hall–Kier alpha value is -1.95. The van der Waals surface area contributed by atoms with Crippen LogP contribution in [0.4, 0.5) is 4.39 Å². The van der Waals surface area contributed by atoms with Gasteiger partial charge in [-0.3, -0.25) is 4.79 Å². The minimum atomic E-state index is -1.27. The van der Waals surface area contributed by atoms with Crippen LogP contribution in [-0.2, 0) is 4.79 Å². The Morgan fingerprint density at radius 3 is 2.61 bits per heavy atom. The molecule has 0 aliphatic carbocycles. The van der Waals surface area contributed by atoms with Crippen LogP contribution in [0.2, 0.25) is 0 Å². The fourth-order valence-electron chi connectivity index (χ4n) is 1.43. The summed E-state index contributed by atoms with van der Waals surface area (Å²) in [4.78, 5) is 22.4. The first-order valence-electron chi connectivity index (χ1n) is 5.36. The summed E-state index contributed by atoms with van der Waals surface area (Å²) in [6.07, 6.45) is -0.130. The number of aliphatic hydroxyl groups is 1. The number of hydrogen-bond acceptors (Lipinski definition) is 3. The van der Waals surface area contributed by atoms with Gasteiger partial charge in [-0.1, -0.05) is 6.07 Å². The quantitative estimate of drug-likeness (QED) is 0.722. The highest BCUT2D eigenvalue weighted by Gasteiger charge is 2.21. The number of carbonyl (C=O) groups is 2. The van der Waals surface area contributed by atoms with Gasteiger partial charge in [0.05, 0.1) is 5.56 Å². The molecule has 0 spiro atoms. The summed E-state index contributed by atoms with van der Waals surface area (Å²) in [6.45, 7) is 1.30. The topological polar surface area (TPSA) is 86.6 Å². The third-order valence-corrected chi connectivity index (χ3v) is 2.39. The predicted octanol–water partition coefficient (Wildman–Crippen LogP) is 0.700. The maximum atomic E-state index is 13.5. The lowest BCUT2D eigenvalue weighted by Crippen LogP contribution is -2.41. The third kappa shape index (κ3) is 3.53. The van der Waals surface area contributed by atoms with Gasteiger partial charge in [0.25, 0.3) is 5.91 Å². The van der Waals surface area contributed by atoms with Crippen molar-refractivity contribution in [1.29, 1.82) is 0 Å². The van der Waals surface area contributed by atoms with E-state index in [2.05, 4.69) is 5.32 Å². The van der Waals surface area contributed by atoms with Gasteiger partial charge in [-0.05, 0) is 24.6 Å². The van der Waals surface area contributed by atoms with Crippen LogP contribution >= 0.6 is 0 Å². The van der Waals surface area contributed by atoms with Gasteiger partial charge in [-0.15, -0.1) is 0 Å². The van der Waals surface area contributed by atoms with Crippen LogP contribution in [0.3, 0.4) is 0 Å². The summed E-state index contributed by atoms with van der Waals surface area (Å²) in [5.41, 5.74) is 0.444. The third-order valence-electron chi connectivity index (χ3n) is 2.39. The van der Waals surface area contributed by atoms with E-state index >= 15 is 0 Å². The Kier molecular flexibility index (Phi) is 4.79. The van der Waals surface area contributed by atoms with Crippen molar-refractivity contribution in [2.24, 2.45) is 0 Å². The highest BCUT2D eigenvalue weighted by molar-refractivity contribution is 5.96. The van der Waals surface area contributed by atoms with Gasteiger partial charge in [0.2, 0.25) is 0 Å².